The highest BCUT2D eigenvalue weighted by Crippen LogP contribution is 2.51. The van der Waals surface area contributed by atoms with Gasteiger partial charge in [0.25, 0.3) is 0 Å². The first kappa shape index (κ1) is 21.5. The van der Waals surface area contributed by atoms with E-state index in [4.69, 9.17) is 32.7 Å². The Hall–Kier alpha value is -2.18. The number of halogens is 5. The summed E-state index contributed by atoms with van der Waals surface area (Å²) in [7, 11) is 0. The average Bonchev–Trinajstić information content (AvgIpc) is 3.01. The molecule has 1 atom stereocenters. The lowest BCUT2D eigenvalue weighted by Crippen LogP contribution is -2.46. The lowest BCUT2D eigenvalue weighted by atomic mass is 9.88. The van der Waals surface area contributed by atoms with E-state index in [9.17, 15) is 18.0 Å². The second-order valence-electron chi connectivity index (χ2n) is 6.68. The van der Waals surface area contributed by atoms with Crippen molar-refractivity contribution in [3.8, 4) is 5.75 Å². The molecule has 0 amide bonds. The molecule has 0 radical (unpaired) electrons. The highest BCUT2D eigenvalue weighted by Gasteiger charge is 2.61. The predicted octanol–water partition coefficient (Wildman–Crippen LogP) is 6.35. The molecule has 0 saturated carbocycles. The van der Waals surface area contributed by atoms with Gasteiger partial charge in [-0.25, -0.2) is 4.79 Å². The second-order valence-corrected chi connectivity index (χ2v) is 7.55. The summed E-state index contributed by atoms with van der Waals surface area (Å²) < 4.78 is 52.8. The van der Waals surface area contributed by atoms with E-state index in [1.807, 2.05) is 0 Å². The van der Waals surface area contributed by atoms with Gasteiger partial charge in [-0.05, 0) is 61.4 Å². The number of esters is 1. The summed E-state index contributed by atoms with van der Waals surface area (Å²) in [6.07, 6.45) is -3.60. The zero-order valence-corrected chi connectivity index (χ0v) is 17.1. The van der Waals surface area contributed by atoms with Gasteiger partial charge in [0.1, 0.15) is 5.75 Å². The van der Waals surface area contributed by atoms with Crippen LogP contribution in [0.15, 0.2) is 42.0 Å². The van der Waals surface area contributed by atoms with Crippen molar-refractivity contribution in [2.75, 3.05) is 6.61 Å². The van der Waals surface area contributed by atoms with Crippen LogP contribution in [-0.2, 0) is 21.6 Å². The maximum absolute atomic E-state index is 14.1. The fourth-order valence-electron chi connectivity index (χ4n) is 3.24. The van der Waals surface area contributed by atoms with Crippen LogP contribution in [0.1, 0.15) is 30.5 Å². The van der Waals surface area contributed by atoms with Crippen LogP contribution in [0, 0.1) is 0 Å². The molecule has 0 aromatic heterocycles. The molecule has 3 rings (SSSR count). The number of hydrogen-bond acceptors (Lipinski definition) is 3. The first-order valence-corrected chi connectivity index (χ1v) is 9.52. The summed E-state index contributed by atoms with van der Waals surface area (Å²) >= 11 is 11.9. The zero-order chi connectivity index (χ0) is 21.4. The van der Waals surface area contributed by atoms with Gasteiger partial charge in [-0.2, -0.15) is 13.2 Å². The molecule has 0 bridgehead atoms. The molecule has 1 heterocycles. The van der Waals surface area contributed by atoms with Gasteiger partial charge in [0.05, 0.1) is 6.61 Å². The van der Waals surface area contributed by atoms with Crippen molar-refractivity contribution in [3.05, 3.63) is 68.7 Å². The van der Waals surface area contributed by atoms with Crippen LogP contribution in [0.5, 0.6) is 5.75 Å². The van der Waals surface area contributed by atoms with E-state index >= 15 is 0 Å². The molecule has 154 valence electrons. The third-order valence-electron chi connectivity index (χ3n) is 4.58. The summed E-state index contributed by atoms with van der Waals surface area (Å²) in [5.41, 5.74) is -1.49. The van der Waals surface area contributed by atoms with Gasteiger partial charge in [0.15, 0.2) is 0 Å². The van der Waals surface area contributed by atoms with Crippen LogP contribution < -0.4 is 4.74 Å². The minimum absolute atomic E-state index is 0.0874. The quantitative estimate of drug-likeness (QED) is 0.406. The number of carbonyl (C=O) groups is 1. The highest BCUT2D eigenvalue weighted by molar-refractivity contribution is 6.34. The fraction of sp³-hybridized carbons (Fsp3) is 0.286. The third-order valence-corrected chi connectivity index (χ3v) is 5.01. The van der Waals surface area contributed by atoms with E-state index in [0.29, 0.717) is 16.7 Å². The van der Waals surface area contributed by atoms with Crippen molar-refractivity contribution in [2.24, 2.45) is 0 Å². The summed E-state index contributed by atoms with van der Waals surface area (Å²) in [5.74, 6) is -0.369. The van der Waals surface area contributed by atoms with E-state index in [-0.39, 0.29) is 28.0 Å². The standard InChI is InChI=1S/C21H17Cl2F3O3/c1-3-28-19(27)12(2)6-13-4-5-18-14(7-13)11-20(29-18,21(24,25)26)15-8-16(22)10-17(23)9-15/h4-10H,3,11H2,1-2H3. The van der Waals surface area contributed by atoms with Gasteiger partial charge in [0.2, 0.25) is 5.60 Å². The Balaban J connectivity index is 2.01. The molecule has 0 aliphatic carbocycles. The topological polar surface area (TPSA) is 35.5 Å². The van der Waals surface area contributed by atoms with Gasteiger partial charge in [-0.1, -0.05) is 29.3 Å². The fourth-order valence-corrected chi connectivity index (χ4v) is 3.77. The predicted molar refractivity (Wildman–Crippen MR) is 105 cm³/mol. The van der Waals surface area contributed by atoms with Crippen LogP contribution in [0.2, 0.25) is 10.0 Å². The van der Waals surface area contributed by atoms with Crippen LogP contribution in [0.3, 0.4) is 0 Å². The summed E-state index contributed by atoms with van der Waals surface area (Å²) in [5, 5.41) is 0.175. The molecular weight excluding hydrogens is 428 g/mol. The molecule has 1 unspecified atom stereocenters. The number of ether oxygens (including phenoxy) is 2. The van der Waals surface area contributed by atoms with E-state index in [1.165, 1.54) is 24.3 Å². The molecule has 0 saturated heterocycles. The van der Waals surface area contributed by atoms with Gasteiger partial charge in [-0.3, -0.25) is 0 Å². The molecule has 0 spiro atoms. The minimum Gasteiger partial charge on any atom is -0.472 e. The van der Waals surface area contributed by atoms with Gasteiger partial charge >= 0.3 is 12.1 Å². The molecule has 29 heavy (non-hydrogen) atoms. The molecular formula is C21H17Cl2F3O3. The Kier molecular flexibility index (Phi) is 5.88. The Labute approximate surface area is 176 Å². The van der Waals surface area contributed by atoms with Crippen molar-refractivity contribution in [1.82, 2.24) is 0 Å². The first-order chi connectivity index (χ1) is 13.6. The van der Waals surface area contributed by atoms with Crippen LogP contribution in [-0.4, -0.2) is 18.8 Å². The normalized spacial score (nSPS) is 18.9. The van der Waals surface area contributed by atoms with Crippen molar-refractivity contribution in [3.63, 3.8) is 0 Å². The molecule has 8 heteroatoms. The Morgan fingerprint density at radius 1 is 1.21 bits per heavy atom. The summed E-state index contributed by atoms with van der Waals surface area (Å²) in [6, 6.07) is 8.38. The van der Waals surface area contributed by atoms with Crippen LogP contribution in [0.4, 0.5) is 13.2 Å². The van der Waals surface area contributed by atoms with Gasteiger partial charge in [-0.15, -0.1) is 0 Å². The largest absolute Gasteiger partial charge is 0.472 e. The molecule has 0 fully saturated rings. The third kappa shape index (κ3) is 4.23. The van der Waals surface area contributed by atoms with E-state index in [0.717, 1.165) is 0 Å². The van der Waals surface area contributed by atoms with Crippen molar-refractivity contribution in [2.45, 2.75) is 32.0 Å². The van der Waals surface area contributed by atoms with Crippen LogP contribution >= 0.6 is 23.2 Å². The van der Waals surface area contributed by atoms with Crippen molar-refractivity contribution >= 4 is 35.2 Å². The number of fused-ring (bicyclic) bond motifs is 1. The molecule has 2 aromatic carbocycles. The molecule has 1 aliphatic heterocycles. The van der Waals surface area contributed by atoms with E-state index < -0.39 is 24.2 Å². The van der Waals surface area contributed by atoms with Crippen molar-refractivity contribution < 1.29 is 27.4 Å². The van der Waals surface area contributed by atoms with Crippen LogP contribution in [0.25, 0.3) is 6.08 Å². The smallest absolute Gasteiger partial charge is 0.432 e. The molecule has 1 aliphatic rings. The molecule has 2 aromatic rings. The first-order valence-electron chi connectivity index (χ1n) is 8.76. The number of hydrogen-bond donors (Lipinski definition) is 0. The second kappa shape index (κ2) is 7.92. The maximum atomic E-state index is 14.1. The number of rotatable bonds is 4. The van der Waals surface area contributed by atoms with Gasteiger partial charge < -0.3 is 9.47 Å². The number of carbonyl (C=O) groups excluding carboxylic acids is 1. The maximum Gasteiger partial charge on any atom is 0.432 e. The summed E-state index contributed by atoms with van der Waals surface area (Å²) in [6.45, 7) is 3.50. The monoisotopic (exact) mass is 444 g/mol. The SMILES string of the molecule is CCOC(=O)C(C)=Cc1ccc2c(c1)CC(c1cc(Cl)cc(Cl)c1)(C(F)(F)F)O2. The number of benzene rings is 2. The van der Waals surface area contributed by atoms with Crippen molar-refractivity contribution in [1.29, 1.82) is 0 Å². The lowest BCUT2D eigenvalue weighted by molar-refractivity contribution is -0.248. The Bertz CT molecular complexity index is 965. The molecule has 0 N–H and O–H groups in total. The summed E-state index contributed by atoms with van der Waals surface area (Å²) in [4.78, 5) is 11.8. The van der Waals surface area contributed by atoms with Gasteiger partial charge in [0, 0.05) is 27.6 Å². The van der Waals surface area contributed by atoms with E-state index in [2.05, 4.69) is 0 Å². The van der Waals surface area contributed by atoms with E-state index in [1.54, 1.807) is 32.1 Å². The average molecular weight is 445 g/mol. The highest BCUT2D eigenvalue weighted by atomic mass is 35.5. The Morgan fingerprint density at radius 2 is 1.86 bits per heavy atom. The number of alkyl halides is 3. The molecule has 3 nitrogen and oxygen atoms in total. The lowest BCUT2D eigenvalue weighted by Gasteiger charge is -2.31. The minimum atomic E-state index is -4.71. The Morgan fingerprint density at radius 3 is 2.45 bits per heavy atom. The zero-order valence-electron chi connectivity index (χ0n) is 15.6.